The van der Waals surface area contributed by atoms with Crippen molar-refractivity contribution in [3.8, 4) is 0 Å². The van der Waals surface area contributed by atoms with Crippen molar-refractivity contribution in [2.24, 2.45) is 0 Å². The van der Waals surface area contributed by atoms with Crippen molar-refractivity contribution in [1.82, 2.24) is 0 Å². The summed E-state index contributed by atoms with van der Waals surface area (Å²) in [6.07, 6.45) is 12.5. The Labute approximate surface area is 125 Å². The summed E-state index contributed by atoms with van der Waals surface area (Å²) in [7, 11) is 0. The van der Waals surface area contributed by atoms with E-state index in [4.69, 9.17) is 9.47 Å². The molecule has 0 aromatic rings. The number of rotatable bonds is 10. The minimum atomic E-state index is 0.362. The third-order valence-corrected chi connectivity index (χ3v) is 4.13. The van der Waals surface area contributed by atoms with Gasteiger partial charge in [0.15, 0.2) is 0 Å². The molecule has 0 amide bonds. The van der Waals surface area contributed by atoms with Gasteiger partial charge in [0.25, 0.3) is 0 Å². The minimum Gasteiger partial charge on any atom is -0.378 e. The zero-order valence-electron chi connectivity index (χ0n) is 12.8. The van der Waals surface area contributed by atoms with Gasteiger partial charge in [-0.3, -0.25) is 0 Å². The molecule has 1 heterocycles. The molecule has 19 heavy (non-hydrogen) atoms. The standard InChI is InChI=1S/C16H32O2S/c1-14-12-16(13-15(2)18-14)17-10-8-6-4-3-5-7-9-11-19/h14-16,19H,3-13H2,1-2H3. The van der Waals surface area contributed by atoms with Crippen LogP contribution in [0.4, 0.5) is 0 Å². The predicted molar refractivity (Wildman–Crippen MR) is 85.2 cm³/mol. The summed E-state index contributed by atoms with van der Waals surface area (Å²) in [4.78, 5) is 0. The molecule has 1 fully saturated rings. The fraction of sp³-hybridized carbons (Fsp3) is 1.00. The Morgan fingerprint density at radius 3 is 2.00 bits per heavy atom. The van der Waals surface area contributed by atoms with Gasteiger partial charge in [-0.05, 0) is 45.3 Å². The Morgan fingerprint density at radius 1 is 0.895 bits per heavy atom. The quantitative estimate of drug-likeness (QED) is 0.467. The molecule has 1 rings (SSSR count). The van der Waals surface area contributed by atoms with Gasteiger partial charge in [0.1, 0.15) is 0 Å². The molecule has 2 nitrogen and oxygen atoms in total. The summed E-state index contributed by atoms with van der Waals surface area (Å²) in [5, 5.41) is 0. The van der Waals surface area contributed by atoms with Gasteiger partial charge < -0.3 is 9.47 Å². The summed E-state index contributed by atoms with van der Waals surface area (Å²) in [6, 6.07) is 0. The van der Waals surface area contributed by atoms with Crippen molar-refractivity contribution < 1.29 is 9.47 Å². The van der Waals surface area contributed by atoms with Gasteiger partial charge in [0.05, 0.1) is 18.3 Å². The molecule has 1 aliphatic rings. The highest BCUT2D eigenvalue weighted by molar-refractivity contribution is 7.80. The van der Waals surface area contributed by atoms with E-state index in [1.54, 1.807) is 0 Å². The molecule has 0 aromatic heterocycles. The molecule has 1 saturated heterocycles. The Bertz CT molecular complexity index is 201. The van der Waals surface area contributed by atoms with Crippen LogP contribution >= 0.6 is 12.6 Å². The van der Waals surface area contributed by atoms with Gasteiger partial charge in [0, 0.05) is 6.61 Å². The summed E-state index contributed by atoms with van der Waals surface area (Å²) >= 11 is 4.23. The van der Waals surface area contributed by atoms with Crippen LogP contribution in [-0.4, -0.2) is 30.7 Å². The van der Waals surface area contributed by atoms with E-state index in [0.29, 0.717) is 18.3 Å². The molecule has 0 radical (unpaired) electrons. The van der Waals surface area contributed by atoms with Crippen LogP contribution in [0.3, 0.4) is 0 Å². The zero-order chi connectivity index (χ0) is 13.9. The smallest absolute Gasteiger partial charge is 0.0624 e. The van der Waals surface area contributed by atoms with Crippen molar-refractivity contribution in [2.45, 2.75) is 89.9 Å². The minimum absolute atomic E-state index is 0.362. The van der Waals surface area contributed by atoms with Crippen molar-refractivity contribution >= 4 is 12.6 Å². The number of hydrogen-bond acceptors (Lipinski definition) is 3. The fourth-order valence-corrected chi connectivity index (χ4v) is 3.05. The number of thiol groups is 1. The van der Waals surface area contributed by atoms with E-state index in [9.17, 15) is 0 Å². The fourth-order valence-electron chi connectivity index (χ4n) is 2.83. The maximum atomic E-state index is 5.98. The van der Waals surface area contributed by atoms with Crippen LogP contribution in [0.5, 0.6) is 0 Å². The molecule has 2 atom stereocenters. The molecular formula is C16H32O2S. The second-order valence-corrected chi connectivity index (χ2v) is 6.37. The Morgan fingerprint density at radius 2 is 1.42 bits per heavy atom. The first-order valence-corrected chi connectivity index (χ1v) is 8.73. The Balaban J connectivity index is 1.87. The van der Waals surface area contributed by atoms with Crippen molar-refractivity contribution in [3.63, 3.8) is 0 Å². The van der Waals surface area contributed by atoms with Crippen LogP contribution < -0.4 is 0 Å². The average Bonchev–Trinajstić information content (AvgIpc) is 2.36. The number of ether oxygens (including phenoxy) is 2. The average molecular weight is 288 g/mol. The van der Waals surface area contributed by atoms with E-state index in [-0.39, 0.29) is 0 Å². The van der Waals surface area contributed by atoms with Crippen molar-refractivity contribution in [3.05, 3.63) is 0 Å². The Hall–Kier alpha value is 0.270. The van der Waals surface area contributed by atoms with E-state index in [1.165, 1.54) is 44.9 Å². The lowest BCUT2D eigenvalue weighted by molar-refractivity contribution is -0.102. The van der Waals surface area contributed by atoms with E-state index in [1.807, 2.05) is 0 Å². The zero-order valence-corrected chi connectivity index (χ0v) is 13.7. The molecule has 3 heteroatoms. The van der Waals surface area contributed by atoms with Gasteiger partial charge in [0.2, 0.25) is 0 Å². The van der Waals surface area contributed by atoms with Gasteiger partial charge >= 0.3 is 0 Å². The molecule has 0 spiro atoms. The van der Waals surface area contributed by atoms with Crippen LogP contribution in [-0.2, 0) is 9.47 Å². The van der Waals surface area contributed by atoms with E-state index < -0.39 is 0 Å². The second-order valence-electron chi connectivity index (χ2n) is 5.92. The topological polar surface area (TPSA) is 18.5 Å². The van der Waals surface area contributed by atoms with Crippen LogP contribution in [0.2, 0.25) is 0 Å². The first kappa shape index (κ1) is 17.3. The van der Waals surface area contributed by atoms with Crippen LogP contribution in [0.15, 0.2) is 0 Å². The lowest BCUT2D eigenvalue weighted by atomic mass is 10.0. The monoisotopic (exact) mass is 288 g/mol. The lowest BCUT2D eigenvalue weighted by Gasteiger charge is -2.32. The summed E-state index contributed by atoms with van der Waals surface area (Å²) in [6.45, 7) is 5.23. The lowest BCUT2D eigenvalue weighted by Crippen LogP contribution is -2.34. The third kappa shape index (κ3) is 8.93. The predicted octanol–water partition coefficient (Wildman–Crippen LogP) is 4.62. The van der Waals surface area contributed by atoms with Gasteiger partial charge in [-0.2, -0.15) is 12.6 Å². The second kappa shape index (κ2) is 11.0. The van der Waals surface area contributed by atoms with E-state index in [0.717, 1.165) is 25.2 Å². The number of hydrogen-bond donors (Lipinski definition) is 1. The molecular weight excluding hydrogens is 256 g/mol. The molecule has 2 unspecified atom stereocenters. The molecule has 0 bridgehead atoms. The normalized spacial score (nSPS) is 27.6. The molecule has 0 N–H and O–H groups in total. The first-order chi connectivity index (χ1) is 9.22. The molecule has 0 saturated carbocycles. The van der Waals surface area contributed by atoms with E-state index in [2.05, 4.69) is 26.5 Å². The van der Waals surface area contributed by atoms with Crippen LogP contribution in [0, 0.1) is 0 Å². The first-order valence-electron chi connectivity index (χ1n) is 8.10. The van der Waals surface area contributed by atoms with Crippen LogP contribution in [0.25, 0.3) is 0 Å². The SMILES string of the molecule is CC1CC(OCCCCCCCCCS)CC(C)O1. The van der Waals surface area contributed by atoms with E-state index >= 15 is 0 Å². The third-order valence-electron chi connectivity index (χ3n) is 3.81. The van der Waals surface area contributed by atoms with Crippen LogP contribution in [0.1, 0.15) is 71.6 Å². The van der Waals surface area contributed by atoms with Gasteiger partial charge in [-0.25, -0.2) is 0 Å². The summed E-state index contributed by atoms with van der Waals surface area (Å²) in [5.74, 6) is 1.04. The van der Waals surface area contributed by atoms with Crippen molar-refractivity contribution in [1.29, 1.82) is 0 Å². The highest BCUT2D eigenvalue weighted by Crippen LogP contribution is 2.21. The summed E-state index contributed by atoms with van der Waals surface area (Å²) in [5.41, 5.74) is 0. The van der Waals surface area contributed by atoms with Gasteiger partial charge in [-0.1, -0.05) is 32.1 Å². The molecule has 0 aliphatic carbocycles. The van der Waals surface area contributed by atoms with Gasteiger partial charge in [-0.15, -0.1) is 0 Å². The maximum absolute atomic E-state index is 5.98. The maximum Gasteiger partial charge on any atom is 0.0624 e. The molecule has 114 valence electrons. The Kier molecular flexibility index (Phi) is 10.0. The largest absolute Gasteiger partial charge is 0.378 e. The highest BCUT2D eigenvalue weighted by Gasteiger charge is 2.24. The highest BCUT2D eigenvalue weighted by atomic mass is 32.1. The number of unbranched alkanes of at least 4 members (excludes halogenated alkanes) is 6. The molecule has 1 aliphatic heterocycles. The molecule has 0 aromatic carbocycles. The van der Waals surface area contributed by atoms with Crippen molar-refractivity contribution in [2.75, 3.05) is 12.4 Å². The summed E-state index contributed by atoms with van der Waals surface area (Å²) < 4.78 is 11.7.